The number of ketones is 1. The number of nitro benzene ring substituents is 1. The topological polar surface area (TPSA) is 95.1 Å². The minimum atomic E-state index is -0.549. The lowest BCUT2D eigenvalue weighted by molar-refractivity contribution is -0.384. The highest BCUT2D eigenvalue weighted by atomic mass is 32.1. The van der Waals surface area contributed by atoms with Crippen LogP contribution < -0.4 is 5.56 Å². The van der Waals surface area contributed by atoms with Crippen LogP contribution in [0, 0.1) is 10.1 Å². The summed E-state index contributed by atoms with van der Waals surface area (Å²) in [4.78, 5) is 41.5. The Balaban J connectivity index is 1.52. The molecule has 2 aromatic heterocycles. The zero-order chi connectivity index (χ0) is 22.2. The Morgan fingerprint density at radius 2 is 1.94 bits per heavy atom. The SMILES string of the molecule is O=C(Cn1cnc2scc(-c3ccc4c(c3)CCCC4)c2c1=O)c1cccc([N+](=O)[O-])c1. The van der Waals surface area contributed by atoms with Gasteiger partial charge in [-0.25, -0.2) is 4.98 Å². The van der Waals surface area contributed by atoms with Gasteiger partial charge in [0, 0.05) is 28.6 Å². The van der Waals surface area contributed by atoms with E-state index in [-0.39, 0.29) is 29.1 Å². The highest BCUT2D eigenvalue weighted by Crippen LogP contribution is 2.33. The second kappa shape index (κ2) is 8.12. The van der Waals surface area contributed by atoms with E-state index < -0.39 is 4.92 Å². The van der Waals surface area contributed by atoms with Crippen LogP contribution in [0.25, 0.3) is 21.3 Å². The predicted octanol–water partition coefficient (Wildman–Crippen LogP) is 4.79. The van der Waals surface area contributed by atoms with E-state index in [2.05, 4.69) is 23.2 Å². The van der Waals surface area contributed by atoms with Crippen molar-refractivity contribution in [3.63, 3.8) is 0 Å². The maximum atomic E-state index is 13.3. The fourth-order valence-corrected chi connectivity index (χ4v) is 5.14. The molecule has 0 spiro atoms. The zero-order valence-corrected chi connectivity index (χ0v) is 17.9. The molecule has 32 heavy (non-hydrogen) atoms. The van der Waals surface area contributed by atoms with E-state index in [1.807, 2.05) is 5.38 Å². The van der Waals surface area contributed by atoms with Gasteiger partial charge in [0.05, 0.1) is 23.2 Å². The van der Waals surface area contributed by atoms with E-state index in [0.717, 1.165) is 24.0 Å². The number of aromatic nitrogens is 2. The van der Waals surface area contributed by atoms with Crippen LogP contribution in [0.4, 0.5) is 5.69 Å². The van der Waals surface area contributed by atoms with E-state index in [4.69, 9.17) is 0 Å². The molecule has 0 N–H and O–H groups in total. The van der Waals surface area contributed by atoms with Crippen molar-refractivity contribution in [3.05, 3.63) is 91.3 Å². The summed E-state index contributed by atoms with van der Waals surface area (Å²) in [7, 11) is 0. The number of carbonyl (C=O) groups excluding carboxylic acids is 1. The van der Waals surface area contributed by atoms with Crippen molar-refractivity contribution in [1.82, 2.24) is 9.55 Å². The van der Waals surface area contributed by atoms with Crippen LogP contribution in [0.5, 0.6) is 0 Å². The fraction of sp³-hybridized carbons (Fsp3) is 0.208. The van der Waals surface area contributed by atoms with Gasteiger partial charge in [0.25, 0.3) is 11.2 Å². The number of Topliss-reactive ketones (excluding diaryl/α,β-unsaturated/α-hetero) is 1. The van der Waals surface area contributed by atoms with Crippen molar-refractivity contribution in [3.8, 4) is 11.1 Å². The highest BCUT2D eigenvalue weighted by molar-refractivity contribution is 7.17. The molecule has 0 aliphatic heterocycles. The number of hydrogen-bond acceptors (Lipinski definition) is 6. The summed E-state index contributed by atoms with van der Waals surface area (Å²) in [5.41, 5.74) is 4.25. The molecule has 0 saturated carbocycles. The van der Waals surface area contributed by atoms with E-state index in [0.29, 0.717) is 10.2 Å². The smallest absolute Gasteiger partial charge is 0.270 e. The molecule has 0 amide bonds. The van der Waals surface area contributed by atoms with Gasteiger partial charge in [-0.2, -0.15) is 0 Å². The first-order valence-corrected chi connectivity index (χ1v) is 11.3. The van der Waals surface area contributed by atoms with Gasteiger partial charge in [0.1, 0.15) is 4.83 Å². The number of non-ortho nitro benzene ring substituents is 1. The lowest BCUT2D eigenvalue weighted by Gasteiger charge is -2.16. The van der Waals surface area contributed by atoms with Crippen LogP contribution in [-0.4, -0.2) is 20.3 Å². The summed E-state index contributed by atoms with van der Waals surface area (Å²) in [6, 6.07) is 11.9. The highest BCUT2D eigenvalue weighted by Gasteiger charge is 2.18. The Morgan fingerprint density at radius 1 is 1.12 bits per heavy atom. The second-order valence-corrected chi connectivity index (χ2v) is 8.79. The molecule has 8 heteroatoms. The lowest BCUT2D eigenvalue weighted by Crippen LogP contribution is -2.24. The molecule has 2 heterocycles. The number of nitrogens with zero attached hydrogens (tertiary/aromatic N) is 3. The van der Waals surface area contributed by atoms with Crippen molar-refractivity contribution >= 4 is 33.0 Å². The van der Waals surface area contributed by atoms with Crippen LogP contribution >= 0.6 is 11.3 Å². The summed E-state index contributed by atoms with van der Waals surface area (Å²) >= 11 is 1.41. The maximum absolute atomic E-state index is 13.3. The first kappa shape index (κ1) is 20.3. The third-order valence-electron chi connectivity index (χ3n) is 5.91. The summed E-state index contributed by atoms with van der Waals surface area (Å²) < 4.78 is 1.28. The van der Waals surface area contributed by atoms with Gasteiger partial charge >= 0.3 is 0 Å². The number of aryl methyl sites for hydroxylation is 2. The average molecular weight is 446 g/mol. The first-order valence-electron chi connectivity index (χ1n) is 10.4. The van der Waals surface area contributed by atoms with E-state index in [9.17, 15) is 19.7 Å². The molecule has 0 unspecified atom stereocenters. The number of nitro groups is 1. The first-order chi connectivity index (χ1) is 15.5. The normalized spacial score (nSPS) is 13.1. The molecule has 160 valence electrons. The molecular formula is C24H19N3O4S. The molecule has 0 bridgehead atoms. The molecule has 1 aliphatic carbocycles. The van der Waals surface area contributed by atoms with Crippen molar-refractivity contribution < 1.29 is 9.72 Å². The van der Waals surface area contributed by atoms with Crippen LogP contribution in [0.15, 0.2) is 59.0 Å². The summed E-state index contributed by atoms with van der Waals surface area (Å²) in [5, 5.41) is 13.4. The number of hydrogen-bond donors (Lipinski definition) is 0. The van der Waals surface area contributed by atoms with Crippen LogP contribution in [0.2, 0.25) is 0 Å². The Kier molecular flexibility index (Phi) is 5.14. The number of fused-ring (bicyclic) bond motifs is 2. The minimum absolute atomic E-state index is 0.163. The van der Waals surface area contributed by atoms with Gasteiger partial charge in [0.2, 0.25) is 0 Å². The van der Waals surface area contributed by atoms with Crippen molar-refractivity contribution in [2.45, 2.75) is 32.2 Å². The van der Waals surface area contributed by atoms with Crippen molar-refractivity contribution in [1.29, 1.82) is 0 Å². The molecule has 0 radical (unpaired) electrons. The fourth-order valence-electron chi connectivity index (χ4n) is 4.23. The van der Waals surface area contributed by atoms with Crippen LogP contribution in [0.1, 0.15) is 34.3 Å². The molecule has 2 aromatic carbocycles. The Morgan fingerprint density at radius 3 is 2.75 bits per heavy atom. The van der Waals surface area contributed by atoms with Gasteiger partial charge in [-0.3, -0.25) is 24.3 Å². The van der Waals surface area contributed by atoms with Gasteiger partial charge in [-0.1, -0.05) is 30.3 Å². The molecule has 7 nitrogen and oxygen atoms in total. The number of rotatable bonds is 5. The quantitative estimate of drug-likeness (QED) is 0.250. The molecular weight excluding hydrogens is 426 g/mol. The van der Waals surface area contributed by atoms with Crippen molar-refractivity contribution in [2.75, 3.05) is 0 Å². The standard InChI is InChI=1S/C24H19N3O4S/c28-21(18-6-3-7-19(11-18)27(30)31)12-26-14-25-23-22(24(26)29)20(13-32-23)17-9-8-15-4-1-2-5-16(15)10-17/h3,6-11,13-14H,1-2,4-5,12H2. The molecule has 4 aromatic rings. The minimum Gasteiger partial charge on any atom is -0.292 e. The Bertz CT molecular complexity index is 1440. The molecule has 0 atom stereocenters. The lowest BCUT2D eigenvalue weighted by atomic mass is 9.89. The molecule has 0 saturated heterocycles. The Labute approximate surface area is 187 Å². The number of thiophene rings is 1. The number of carbonyl (C=O) groups is 1. The summed E-state index contributed by atoms with van der Waals surface area (Å²) in [5.74, 6) is -0.387. The third-order valence-corrected chi connectivity index (χ3v) is 6.80. The second-order valence-electron chi connectivity index (χ2n) is 7.93. The van der Waals surface area contributed by atoms with Crippen LogP contribution in [0.3, 0.4) is 0 Å². The summed E-state index contributed by atoms with van der Waals surface area (Å²) in [6.45, 7) is -0.234. The molecule has 0 fully saturated rings. The average Bonchev–Trinajstić information content (AvgIpc) is 3.25. The molecule has 5 rings (SSSR count). The maximum Gasteiger partial charge on any atom is 0.270 e. The summed E-state index contributed by atoms with van der Waals surface area (Å²) in [6.07, 6.45) is 5.89. The zero-order valence-electron chi connectivity index (χ0n) is 17.1. The van der Waals surface area contributed by atoms with Gasteiger partial charge in [-0.15, -0.1) is 11.3 Å². The third kappa shape index (κ3) is 3.62. The monoisotopic (exact) mass is 445 g/mol. The van der Waals surface area contributed by atoms with E-state index in [1.165, 1.54) is 70.5 Å². The van der Waals surface area contributed by atoms with Crippen molar-refractivity contribution in [2.24, 2.45) is 0 Å². The van der Waals surface area contributed by atoms with Crippen LogP contribution in [-0.2, 0) is 19.4 Å². The molecule has 1 aliphatic rings. The van der Waals surface area contributed by atoms with Gasteiger partial charge < -0.3 is 0 Å². The van der Waals surface area contributed by atoms with E-state index in [1.54, 1.807) is 0 Å². The van der Waals surface area contributed by atoms with Gasteiger partial charge in [-0.05, 0) is 42.4 Å². The van der Waals surface area contributed by atoms with Gasteiger partial charge in [0.15, 0.2) is 5.78 Å². The predicted molar refractivity (Wildman–Crippen MR) is 123 cm³/mol. The van der Waals surface area contributed by atoms with E-state index >= 15 is 0 Å². The largest absolute Gasteiger partial charge is 0.292 e. The Hall–Kier alpha value is -3.65. The number of benzene rings is 2.